The minimum atomic E-state index is -0.695. The molecule has 0 aromatic heterocycles. The van der Waals surface area contributed by atoms with Crippen molar-refractivity contribution in [1.82, 2.24) is 0 Å². The van der Waals surface area contributed by atoms with Crippen LogP contribution in [0.3, 0.4) is 0 Å². The highest BCUT2D eigenvalue weighted by Crippen LogP contribution is 2.34. The number of hydrogen-bond acceptors (Lipinski definition) is 3. The molecule has 122 valence electrons. The maximum atomic E-state index is 12.2. The topological polar surface area (TPSA) is 60.9 Å². The van der Waals surface area contributed by atoms with Crippen LogP contribution in [0.5, 0.6) is 0 Å². The van der Waals surface area contributed by atoms with Gasteiger partial charge in [0.1, 0.15) is 0 Å². The molecule has 0 aliphatic carbocycles. The van der Waals surface area contributed by atoms with Gasteiger partial charge in [-0.15, -0.1) is 0 Å². The van der Waals surface area contributed by atoms with Crippen LogP contribution in [0.1, 0.15) is 25.3 Å². The van der Waals surface area contributed by atoms with Crippen LogP contribution in [0, 0.1) is 5.92 Å². The van der Waals surface area contributed by atoms with Gasteiger partial charge in [0, 0.05) is 31.0 Å². The van der Waals surface area contributed by atoms with Crippen LogP contribution in [-0.2, 0) is 16.0 Å². The highest BCUT2D eigenvalue weighted by atomic mass is 16.4. The first-order chi connectivity index (χ1) is 11.0. The normalized spacial score (nSPS) is 18.2. The van der Waals surface area contributed by atoms with E-state index in [1.807, 2.05) is 19.1 Å². The number of fused-ring (bicyclic) bond motifs is 1. The first kappa shape index (κ1) is 15.6. The van der Waals surface area contributed by atoms with E-state index in [1.165, 1.54) is 0 Å². The standard InChI is InChI=1S/C18H22N2O3/c1-12(2)11-20-16-4-3-15(9-14(16)10-17(20)21)19-7-5-13(6-8-19)18(22)23/h3-4,9,13H,1,5-8,10-11H2,2H3,(H,22,23). The van der Waals surface area contributed by atoms with Crippen LogP contribution in [0.15, 0.2) is 30.4 Å². The minimum absolute atomic E-state index is 0.115. The number of aliphatic carboxylic acids is 1. The number of amides is 1. The summed E-state index contributed by atoms with van der Waals surface area (Å²) >= 11 is 0. The Kier molecular flexibility index (Phi) is 4.11. The predicted molar refractivity (Wildman–Crippen MR) is 89.9 cm³/mol. The van der Waals surface area contributed by atoms with E-state index in [2.05, 4.69) is 17.5 Å². The Labute approximate surface area is 136 Å². The maximum absolute atomic E-state index is 12.2. The fourth-order valence-electron chi connectivity index (χ4n) is 3.39. The first-order valence-electron chi connectivity index (χ1n) is 8.01. The zero-order valence-corrected chi connectivity index (χ0v) is 13.4. The van der Waals surface area contributed by atoms with Crippen molar-refractivity contribution in [2.75, 3.05) is 29.4 Å². The second kappa shape index (κ2) is 6.07. The van der Waals surface area contributed by atoms with Crippen molar-refractivity contribution in [3.8, 4) is 0 Å². The summed E-state index contributed by atoms with van der Waals surface area (Å²) in [6, 6.07) is 6.11. The highest BCUT2D eigenvalue weighted by molar-refractivity contribution is 6.02. The van der Waals surface area contributed by atoms with Crippen LogP contribution < -0.4 is 9.80 Å². The SMILES string of the molecule is C=C(C)CN1C(=O)Cc2cc(N3CCC(C(=O)O)CC3)ccc21. The Morgan fingerprint density at radius 3 is 2.65 bits per heavy atom. The van der Waals surface area contributed by atoms with Crippen LogP contribution >= 0.6 is 0 Å². The van der Waals surface area contributed by atoms with Crippen LogP contribution in [-0.4, -0.2) is 36.6 Å². The van der Waals surface area contributed by atoms with Gasteiger partial charge >= 0.3 is 5.97 Å². The number of benzene rings is 1. The largest absolute Gasteiger partial charge is 0.481 e. The molecule has 2 heterocycles. The van der Waals surface area contributed by atoms with Crippen molar-refractivity contribution in [2.24, 2.45) is 5.92 Å². The highest BCUT2D eigenvalue weighted by Gasteiger charge is 2.29. The number of rotatable bonds is 4. The predicted octanol–water partition coefficient (Wildman–Crippen LogP) is 2.45. The molecule has 2 aliphatic rings. The minimum Gasteiger partial charge on any atom is -0.481 e. The van der Waals surface area contributed by atoms with Crippen LogP contribution in [0.2, 0.25) is 0 Å². The van der Waals surface area contributed by atoms with Gasteiger partial charge in [0.05, 0.1) is 12.3 Å². The molecule has 1 aromatic rings. The molecule has 23 heavy (non-hydrogen) atoms. The Morgan fingerprint density at radius 2 is 2.04 bits per heavy atom. The lowest BCUT2D eigenvalue weighted by Gasteiger charge is -2.32. The van der Waals surface area contributed by atoms with E-state index in [9.17, 15) is 9.59 Å². The average molecular weight is 314 g/mol. The molecule has 0 unspecified atom stereocenters. The molecule has 1 amide bonds. The molecule has 1 saturated heterocycles. The van der Waals surface area contributed by atoms with Gasteiger partial charge < -0.3 is 14.9 Å². The molecule has 0 atom stereocenters. The Morgan fingerprint density at radius 1 is 1.35 bits per heavy atom. The number of carboxylic acids is 1. The van der Waals surface area contributed by atoms with E-state index in [4.69, 9.17) is 5.11 Å². The quantitative estimate of drug-likeness (QED) is 0.867. The lowest BCUT2D eigenvalue weighted by Crippen LogP contribution is -2.36. The van der Waals surface area contributed by atoms with Crippen molar-refractivity contribution in [3.05, 3.63) is 35.9 Å². The van der Waals surface area contributed by atoms with Gasteiger partial charge in [0.15, 0.2) is 0 Å². The van der Waals surface area contributed by atoms with E-state index < -0.39 is 5.97 Å². The fourth-order valence-corrected chi connectivity index (χ4v) is 3.39. The van der Waals surface area contributed by atoms with E-state index in [0.717, 1.165) is 35.6 Å². The molecule has 0 spiro atoms. The molecule has 0 saturated carbocycles. The summed E-state index contributed by atoms with van der Waals surface area (Å²) in [6.07, 6.45) is 1.78. The van der Waals surface area contributed by atoms with E-state index in [0.29, 0.717) is 25.8 Å². The molecular formula is C18H22N2O3. The van der Waals surface area contributed by atoms with E-state index in [1.54, 1.807) is 4.90 Å². The molecule has 1 aromatic carbocycles. The number of carboxylic acid groups (broad SMARTS) is 1. The molecule has 1 N–H and O–H groups in total. The van der Waals surface area contributed by atoms with Crippen molar-refractivity contribution in [2.45, 2.75) is 26.2 Å². The van der Waals surface area contributed by atoms with E-state index in [-0.39, 0.29) is 11.8 Å². The number of piperidine rings is 1. The third kappa shape index (κ3) is 3.09. The Balaban J connectivity index is 1.75. The fraction of sp³-hybridized carbons (Fsp3) is 0.444. The average Bonchev–Trinajstić information content (AvgIpc) is 2.82. The van der Waals surface area contributed by atoms with Crippen LogP contribution in [0.4, 0.5) is 11.4 Å². The molecule has 0 radical (unpaired) electrons. The second-order valence-electron chi connectivity index (χ2n) is 6.53. The summed E-state index contributed by atoms with van der Waals surface area (Å²) < 4.78 is 0. The van der Waals surface area contributed by atoms with Crippen molar-refractivity contribution < 1.29 is 14.7 Å². The second-order valence-corrected chi connectivity index (χ2v) is 6.53. The van der Waals surface area contributed by atoms with Crippen molar-refractivity contribution >= 4 is 23.3 Å². The molecule has 5 heteroatoms. The number of carbonyl (C=O) groups excluding carboxylic acids is 1. The number of nitrogens with zero attached hydrogens (tertiary/aromatic N) is 2. The lowest BCUT2D eigenvalue weighted by atomic mass is 9.96. The molecule has 3 rings (SSSR count). The van der Waals surface area contributed by atoms with Gasteiger partial charge in [0.2, 0.25) is 5.91 Å². The number of carbonyl (C=O) groups is 2. The maximum Gasteiger partial charge on any atom is 0.306 e. The van der Waals surface area contributed by atoms with Crippen molar-refractivity contribution in [3.63, 3.8) is 0 Å². The van der Waals surface area contributed by atoms with Gasteiger partial charge in [-0.05, 0) is 43.5 Å². The number of anilines is 2. The molecule has 1 fully saturated rings. The third-order valence-corrected chi connectivity index (χ3v) is 4.63. The summed E-state index contributed by atoms with van der Waals surface area (Å²) in [7, 11) is 0. The summed E-state index contributed by atoms with van der Waals surface area (Å²) in [6.45, 7) is 7.87. The van der Waals surface area contributed by atoms with Crippen molar-refractivity contribution in [1.29, 1.82) is 0 Å². The molecular weight excluding hydrogens is 292 g/mol. The lowest BCUT2D eigenvalue weighted by molar-refractivity contribution is -0.142. The molecule has 5 nitrogen and oxygen atoms in total. The van der Waals surface area contributed by atoms with Gasteiger partial charge in [-0.2, -0.15) is 0 Å². The summed E-state index contributed by atoms with van der Waals surface area (Å²) in [4.78, 5) is 27.2. The number of hydrogen-bond donors (Lipinski definition) is 1. The van der Waals surface area contributed by atoms with Gasteiger partial charge in [0.25, 0.3) is 0 Å². The van der Waals surface area contributed by atoms with Gasteiger partial charge in [-0.1, -0.05) is 12.2 Å². The van der Waals surface area contributed by atoms with Gasteiger partial charge in [-0.3, -0.25) is 9.59 Å². The molecule has 2 aliphatic heterocycles. The smallest absolute Gasteiger partial charge is 0.306 e. The van der Waals surface area contributed by atoms with Gasteiger partial charge in [-0.25, -0.2) is 0 Å². The van der Waals surface area contributed by atoms with E-state index >= 15 is 0 Å². The third-order valence-electron chi connectivity index (χ3n) is 4.63. The Bertz CT molecular complexity index is 660. The zero-order valence-electron chi connectivity index (χ0n) is 13.4. The monoisotopic (exact) mass is 314 g/mol. The summed E-state index contributed by atoms with van der Waals surface area (Å²) in [5.41, 5.74) is 4.07. The first-order valence-corrected chi connectivity index (χ1v) is 8.01. The zero-order chi connectivity index (χ0) is 16.6. The summed E-state index contributed by atoms with van der Waals surface area (Å²) in [5.74, 6) is -0.808. The summed E-state index contributed by atoms with van der Waals surface area (Å²) in [5, 5.41) is 9.08. The molecule has 0 bridgehead atoms. The van der Waals surface area contributed by atoms with Crippen LogP contribution in [0.25, 0.3) is 0 Å². The Hall–Kier alpha value is -2.30.